The van der Waals surface area contributed by atoms with E-state index < -0.39 is 0 Å². The molecule has 0 saturated heterocycles. The fraction of sp³-hybridized carbons (Fsp3) is 0.769. The highest BCUT2D eigenvalue weighted by Crippen LogP contribution is 2.34. The van der Waals surface area contributed by atoms with Gasteiger partial charge in [0.25, 0.3) is 0 Å². The molecule has 0 aliphatic carbocycles. The Kier molecular flexibility index (Phi) is 4.00. The lowest BCUT2D eigenvalue weighted by Crippen LogP contribution is -2.42. The summed E-state index contributed by atoms with van der Waals surface area (Å²) in [5.41, 5.74) is 1.19. The standard InChI is InChI=1S/C13H23NO2/c1-10(2)6-7-11-8-9-14(15)16-12(11)13(3,4)5/h9,11-12H,1,6-8H2,2-5H3. The molecule has 1 heterocycles. The summed E-state index contributed by atoms with van der Waals surface area (Å²) in [7, 11) is 0. The van der Waals surface area contributed by atoms with E-state index in [0.29, 0.717) is 10.8 Å². The highest BCUT2D eigenvalue weighted by molar-refractivity contribution is 5.52. The van der Waals surface area contributed by atoms with Crippen LogP contribution in [0.4, 0.5) is 0 Å². The minimum Gasteiger partial charge on any atom is -0.399 e. The fourth-order valence-corrected chi connectivity index (χ4v) is 2.15. The van der Waals surface area contributed by atoms with Crippen molar-refractivity contribution in [3.63, 3.8) is 0 Å². The molecule has 16 heavy (non-hydrogen) atoms. The number of nitrogens with zero attached hydrogens (tertiary/aromatic N) is 1. The SMILES string of the molecule is C=C(C)CCC1CC=[N+]([O-])OC1C(C)(C)C. The monoisotopic (exact) mass is 225 g/mol. The second kappa shape index (κ2) is 4.89. The Morgan fingerprint density at radius 1 is 1.56 bits per heavy atom. The van der Waals surface area contributed by atoms with Gasteiger partial charge in [-0.3, -0.25) is 5.21 Å². The molecule has 0 spiro atoms. The molecule has 0 aromatic rings. The van der Waals surface area contributed by atoms with Crippen LogP contribution in [0.5, 0.6) is 0 Å². The Balaban J connectivity index is 2.69. The first-order chi connectivity index (χ1) is 7.30. The van der Waals surface area contributed by atoms with E-state index in [-0.39, 0.29) is 11.5 Å². The summed E-state index contributed by atoms with van der Waals surface area (Å²) < 4.78 is 0. The van der Waals surface area contributed by atoms with Gasteiger partial charge in [-0.25, -0.2) is 0 Å². The van der Waals surface area contributed by atoms with E-state index in [9.17, 15) is 5.21 Å². The summed E-state index contributed by atoms with van der Waals surface area (Å²) in [6, 6.07) is 0. The van der Waals surface area contributed by atoms with Crippen molar-refractivity contribution in [2.45, 2.75) is 53.1 Å². The third-order valence-corrected chi connectivity index (χ3v) is 3.00. The summed E-state index contributed by atoms with van der Waals surface area (Å²) in [5, 5.41) is 11.2. The molecule has 3 nitrogen and oxygen atoms in total. The summed E-state index contributed by atoms with van der Waals surface area (Å²) in [4.78, 5) is 6.01. The van der Waals surface area contributed by atoms with Gasteiger partial charge in [0.05, 0.1) is 6.10 Å². The summed E-state index contributed by atoms with van der Waals surface area (Å²) in [6.07, 6.45) is 4.44. The lowest BCUT2D eigenvalue weighted by molar-refractivity contribution is -0.761. The van der Waals surface area contributed by atoms with Crippen molar-refractivity contribution in [1.82, 2.24) is 0 Å². The molecule has 0 aromatic heterocycles. The Morgan fingerprint density at radius 2 is 2.19 bits per heavy atom. The average Bonchev–Trinajstić information content (AvgIpc) is 2.14. The van der Waals surface area contributed by atoms with Gasteiger partial charge < -0.3 is 4.84 Å². The van der Waals surface area contributed by atoms with E-state index in [1.54, 1.807) is 6.21 Å². The number of allylic oxidation sites excluding steroid dienone is 1. The van der Waals surface area contributed by atoms with Gasteiger partial charge in [-0.05, 0) is 31.1 Å². The first kappa shape index (κ1) is 13.1. The van der Waals surface area contributed by atoms with Crippen LogP contribution in [0.15, 0.2) is 12.2 Å². The maximum atomic E-state index is 11.2. The zero-order chi connectivity index (χ0) is 12.3. The van der Waals surface area contributed by atoms with Crippen molar-refractivity contribution in [2.75, 3.05) is 0 Å². The number of rotatable bonds is 3. The quantitative estimate of drug-likeness (QED) is 0.545. The molecule has 3 heteroatoms. The van der Waals surface area contributed by atoms with E-state index in [0.717, 1.165) is 19.3 Å². The molecule has 1 rings (SSSR count). The second-order valence-corrected chi connectivity index (χ2v) is 5.85. The van der Waals surface area contributed by atoms with Crippen LogP contribution in [0.3, 0.4) is 0 Å². The minimum absolute atomic E-state index is 0.00331. The van der Waals surface area contributed by atoms with Crippen LogP contribution < -0.4 is 0 Å². The molecule has 0 aromatic carbocycles. The summed E-state index contributed by atoms with van der Waals surface area (Å²) >= 11 is 0. The predicted molar refractivity (Wildman–Crippen MR) is 66.2 cm³/mol. The van der Waals surface area contributed by atoms with Gasteiger partial charge in [0.2, 0.25) is 6.21 Å². The van der Waals surface area contributed by atoms with Gasteiger partial charge in [-0.15, -0.1) is 6.58 Å². The van der Waals surface area contributed by atoms with Crippen molar-refractivity contribution < 1.29 is 9.74 Å². The summed E-state index contributed by atoms with van der Waals surface area (Å²) in [5.74, 6) is 0.418. The molecular formula is C13H23NO2. The molecule has 0 radical (unpaired) electrons. The zero-order valence-corrected chi connectivity index (χ0v) is 10.8. The van der Waals surface area contributed by atoms with Crippen LogP contribution in [-0.2, 0) is 4.84 Å². The van der Waals surface area contributed by atoms with Gasteiger partial charge in [-0.1, -0.05) is 26.3 Å². The molecule has 0 bridgehead atoms. The molecule has 0 N–H and O–H groups in total. The summed E-state index contributed by atoms with van der Waals surface area (Å²) in [6.45, 7) is 12.3. The van der Waals surface area contributed by atoms with E-state index in [1.807, 2.05) is 6.92 Å². The maximum absolute atomic E-state index is 11.2. The van der Waals surface area contributed by atoms with Crippen LogP contribution in [0.2, 0.25) is 0 Å². The Labute approximate surface area is 98.3 Å². The molecule has 0 fully saturated rings. The van der Waals surface area contributed by atoms with Gasteiger partial charge >= 0.3 is 0 Å². The molecule has 1 aliphatic heterocycles. The van der Waals surface area contributed by atoms with Crippen LogP contribution in [-0.4, -0.2) is 17.2 Å². The Bertz CT molecular complexity index is 289. The normalized spacial score (nSPS) is 25.9. The van der Waals surface area contributed by atoms with E-state index >= 15 is 0 Å². The molecule has 2 atom stereocenters. The molecule has 0 amide bonds. The highest BCUT2D eigenvalue weighted by atomic mass is 16.9. The Hall–Kier alpha value is -0.990. The largest absolute Gasteiger partial charge is 0.399 e. The topological polar surface area (TPSA) is 35.3 Å². The first-order valence-electron chi connectivity index (χ1n) is 5.91. The molecule has 0 saturated carbocycles. The highest BCUT2D eigenvalue weighted by Gasteiger charge is 2.35. The smallest absolute Gasteiger partial charge is 0.210 e. The van der Waals surface area contributed by atoms with Crippen molar-refractivity contribution in [3.8, 4) is 0 Å². The van der Waals surface area contributed by atoms with Gasteiger partial charge in [0.15, 0.2) is 0 Å². The van der Waals surface area contributed by atoms with E-state index in [2.05, 4.69) is 27.4 Å². The van der Waals surface area contributed by atoms with E-state index in [4.69, 9.17) is 4.84 Å². The van der Waals surface area contributed by atoms with Gasteiger partial charge in [0.1, 0.15) is 0 Å². The Morgan fingerprint density at radius 3 is 2.69 bits per heavy atom. The van der Waals surface area contributed by atoms with Crippen LogP contribution in [0.25, 0.3) is 0 Å². The third-order valence-electron chi connectivity index (χ3n) is 3.00. The first-order valence-corrected chi connectivity index (χ1v) is 5.91. The van der Waals surface area contributed by atoms with E-state index in [1.165, 1.54) is 5.57 Å². The van der Waals surface area contributed by atoms with Crippen molar-refractivity contribution >= 4 is 6.21 Å². The number of hydrogen-bond acceptors (Lipinski definition) is 2. The molecular weight excluding hydrogens is 202 g/mol. The molecule has 1 aliphatic rings. The van der Waals surface area contributed by atoms with Crippen molar-refractivity contribution in [1.29, 1.82) is 0 Å². The average molecular weight is 225 g/mol. The van der Waals surface area contributed by atoms with Crippen LogP contribution in [0, 0.1) is 16.5 Å². The lowest BCUT2D eigenvalue weighted by atomic mass is 9.77. The lowest BCUT2D eigenvalue weighted by Gasteiger charge is -2.39. The fourth-order valence-electron chi connectivity index (χ4n) is 2.15. The van der Waals surface area contributed by atoms with Gasteiger partial charge in [-0.2, -0.15) is 0 Å². The minimum atomic E-state index is -0.00523. The number of hydrogen-bond donors (Lipinski definition) is 0. The third kappa shape index (κ3) is 3.54. The molecule has 2 unspecified atom stereocenters. The molecule has 92 valence electrons. The zero-order valence-electron chi connectivity index (χ0n) is 10.8. The van der Waals surface area contributed by atoms with Crippen LogP contribution >= 0.6 is 0 Å². The van der Waals surface area contributed by atoms with Crippen molar-refractivity contribution in [3.05, 3.63) is 17.4 Å². The predicted octanol–water partition coefficient (Wildman–Crippen LogP) is 3.29. The van der Waals surface area contributed by atoms with Crippen LogP contribution in [0.1, 0.15) is 47.0 Å². The van der Waals surface area contributed by atoms with Gasteiger partial charge in [0, 0.05) is 11.3 Å². The second-order valence-electron chi connectivity index (χ2n) is 5.85. The van der Waals surface area contributed by atoms with Crippen molar-refractivity contribution in [2.24, 2.45) is 11.3 Å². The maximum Gasteiger partial charge on any atom is 0.210 e.